The van der Waals surface area contributed by atoms with E-state index in [1.807, 2.05) is 26.0 Å². The van der Waals surface area contributed by atoms with Crippen LogP contribution in [-0.4, -0.2) is 30.3 Å². The molecule has 32 heavy (non-hydrogen) atoms. The van der Waals surface area contributed by atoms with Crippen LogP contribution < -0.4 is 10.2 Å². The van der Waals surface area contributed by atoms with Crippen LogP contribution in [0.15, 0.2) is 66.7 Å². The second-order valence-corrected chi connectivity index (χ2v) is 7.48. The number of anilines is 2. The number of nitrogens with one attached hydrogen (secondary N) is 1. The van der Waals surface area contributed by atoms with E-state index < -0.39 is 30.3 Å². The Morgan fingerprint density at radius 1 is 0.875 bits per heavy atom. The van der Waals surface area contributed by atoms with E-state index in [2.05, 4.69) is 5.32 Å². The lowest BCUT2D eigenvalue weighted by Crippen LogP contribution is -2.29. The zero-order valence-corrected chi connectivity index (χ0v) is 17.5. The van der Waals surface area contributed by atoms with Crippen molar-refractivity contribution < 1.29 is 23.9 Å². The van der Waals surface area contributed by atoms with Crippen molar-refractivity contribution in [1.82, 2.24) is 0 Å². The molecule has 1 heterocycles. The molecule has 0 bridgehead atoms. The Labute approximate surface area is 184 Å². The summed E-state index contributed by atoms with van der Waals surface area (Å²) < 4.78 is 5.12. The van der Waals surface area contributed by atoms with Gasteiger partial charge in [-0.2, -0.15) is 0 Å². The van der Waals surface area contributed by atoms with Crippen molar-refractivity contribution >= 4 is 35.1 Å². The molecule has 0 aromatic heterocycles. The van der Waals surface area contributed by atoms with Gasteiger partial charge in [-0.15, -0.1) is 0 Å². The van der Waals surface area contributed by atoms with E-state index in [0.717, 1.165) is 16.0 Å². The zero-order valence-electron chi connectivity index (χ0n) is 17.5. The molecule has 1 aliphatic heterocycles. The van der Waals surface area contributed by atoms with E-state index in [9.17, 15) is 19.2 Å². The minimum absolute atomic E-state index is 0.123. The van der Waals surface area contributed by atoms with Crippen molar-refractivity contribution in [2.24, 2.45) is 0 Å². The molecule has 0 atom stereocenters. The van der Waals surface area contributed by atoms with Gasteiger partial charge in [0.2, 0.25) is 0 Å². The van der Waals surface area contributed by atoms with Crippen molar-refractivity contribution in [2.45, 2.75) is 13.8 Å². The van der Waals surface area contributed by atoms with Crippen LogP contribution in [0.4, 0.5) is 11.4 Å². The Balaban J connectivity index is 1.43. The molecule has 0 spiro atoms. The van der Waals surface area contributed by atoms with Crippen molar-refractivity contribution in [3.63, 3.8) is 0 Å². The molecule has 0 unspecified atom stereocenters. The number of aryl methyl sites for hydroxylation is 2. The number of imide groups is 1. The molecule has 3 aromatic carbocycles. The molecule has 0 saturated heterocycles. The quantitative estimate of drug-likeness (QED) is 0.492. The summed E-state index contributed by atoms with van der Waals surface area (Å²) in [4.78, 5) is 51.0. The second kappa shape index (κ2) is 8.47. The predicted molar refractivity (Wildman–Crippen MR) is 119 cm³/mol. The number of rotatable bonds is 5. The highest BCUT2D eigenvalue weighted by molar-refractivity contribution is 6.34. The van der Waals surface area contributed by atoms with Gasteiger partial charge in [0.15, 0.2) is 6.61 Å². The molecule has 0 aliphatic carbocycles. The molecule has 7 nitrogen and oxygen atoms in total. The summed E-state index contributed by atoms with van der Waals surface area (Å²) in [6.07, 6.45) is 0. The highest BCUT2D eigenvalue weighted by atomic mass is 16.5. The largest absolute Gasteiger partial charge is 0.452 e. The van der Waals surface area contributed by atoms with Gasteiger partial charge >= 0.3 is 5.97 Å². The standard InChI is InChI=1S/C25H20N2O5/c1-15-10-11-21(16(2)12-15)26-22(28)14-32-25(31)17-6-5-7-18(13-17)27-23(29)19-8-3-4-9-20(19)24(27)30/h3-13H,14H2,1-2H3,(H,26,28). The lowest BCUT2D eigenvalue weighted by molar-refractivity contribution is -0.119. The minimum Gasteiger partial charge on any atom is -0.452 e. The molecule has 1 aliphatic rings. The average Bonchev–Trinajstić information content (AvgIpc) is 3.04. The Morgan fingerprint density at radius 3 is 2.22 bits per heavy atom. The maximum atomic E-state index is 12.7. The van der Waals surface area contributed by atoms with Crippen LogP contribution in [0.25, 0.3) is 0 Å². The van der Waals surface area contributed by atoms with Gasteiger partial charge in [-0.3, -0.25) is 14.4 Å². The van der Waals surface area contributed by atoms with Crippen LogP contribution in [0.3, 0.4) is 0 Å². The van der Waals surface area contributed by atoms with E-state index in [4.69, 9.17) is 4.74 Å². The Hall–Kier alpha value is -4.26. The molecule has 0 radical (unpaired) electrons. The third-order valence-electron chi connectivity index (χ3n) is 5.12. The lowest BCUT2D eigenvalue weighted by atomic mass is 10.1. The zero-order chi connectivity index (χ0) is 22.8. The number of benzene rings is 3. The summed E-state index contributed by atoms with van der Waals surface area (Å²) in [5.41, 5.74) is 3.62. The Morgan fingerprint density at radius 2 is 1.56 bits per heavy atom. The number of hydrogen-bond donors (Lipinski definition) is 1. The average molecular weight is 428 g/mol. The van der Waals surface area contributed by atoms with Gasteiger partial charge in [0, 0.05) is 5.69 Å². The topological polar surface area (TPSA) is 92.8 Å². The first-order valence-corrected chi connectivity index (χ1v) is 9.97. The van der Waals surface area contributed by atoms with E-state index in [1.165, 1.54) is 12.1 Å². The molecular formula is C25H20N2O5. The fourth-order valence-corrected chi connectivity index (χ4v) is 3.55. The first kappa shape index (κ1) is 21.0. The lowest BCUT2D eigenvalue weighted by Gasteiger charge is -2.15. The maximum Gasteiger partial charge on any atom is 0.338 e. The predicted octanol–water partition coefficient (Wildman–Crippen LogP) is 3.90. The summed E-state index contributed by atoms with van der Waals surface area (Å²) >= 11 is 0. The van der Waals surface area contributed by atoms with Crippen LogP contribution in [0.2, 0.25) is 0 Å². The number of carbonyl (C=O) groups excluding carboxylic acids is 4. The van der Waals surface area contributed by atoms with E-state index in [0.29, 0.717) is 16.8 Å². The second-order valence-electron chi connectivity index (χ2n) is 7.48. The summed E-state index contributed by atoms with van der Waals surface area (Å²) in [7, 11) is 0. The van der Waals surface area contributed by atoms with Gasteiger partial charge in [0.05, 0.1) is 22.4 Å². The molecule has 0 saturated carbocycles. The van der Waals surface area contributed by atoms with E-state index in [1.54, 1.807) is 42.5 Å². The van der Waals surface area contributed by atoms with Crippen molar-refractivity contribution in [3.8, 4) is 0 Å². The van der Waals surface area contributed by atoms with Gasteiger partial charge in [-0.05, 0) is 55.8 Å². The number of hydrogen-bond acceptors (Lipinski definition) is 5. The van der Waals surface area contributed by atoms with Crippen LogP contribution in [0.1, 0.15) is 42.2 Å². The summed E-state index contributed by atoms with van der Waals surface area (Å²) in [5.74, 6) is -2.12. The van der Waals surface area contributed by atoms with Gasteiger partial charge in [-0.1, -0.05) is 35.9 Å². The third kappa shape index (κ3) is 4.00. The van der Waals surface area contributed by atoms with Crippen molar-refractivity contribution in [1.29, 1.82) is 0 Å². The number of nitrogens with zero attached hydrogens (tertiary/aromatic N) is 1. The van der Waals surface area contributed by atoms with Gasteiger partial charge in [0.25, 0.3) is 17.7 Å². The number of amides is 3. The van der Waals surface area contributed by atoms with Crippen LogP contribution in [0.5, 0.6) is 0 Å². The van der Waals surface area contributed by atoms with Gasteiger partial charge < -0.3 is 10.1 Å². The third-order valence-corrected chi connectivity index (χ3v) is 5.12. The van der Waals surface area contributed by atoms with Gasteiger partial charge in [0.1, 0.15) is 0 Å². The normalized spacial score (nSPS) is 12.5. The highest BCUT2D eigenvalue weighted by Gasteiger charge is 2.36. The Bertz CT molecular complexity index is 1230. The van der Waals surface area contributed by atoms with E-state index >= 15 is 0 Å². The molecule has 7 heteroatoms. The van der Waals surface area contributed by atoms with Gasteiger partial charge in [-0.25, -0.2) is 9.69 Å². The van der Waals surface area contributed by atoms with Crippen molar-refractivity contribution in [2.75, 3.05) is 16.8 Å². The van der Waals surface area contributed by atoms with Crippen LogP contribution in [-0.2, 0) is 9.53 Å². The summed E-state index contributed by atoms with van der Waals surface area (Å²) in [6.45, 7) is 3.36. The van der Waals surface area contributed by atoms with Crippen LogP contribution in [0, 0.1) is 13.8 Å². The summed E-state index contributed by atoms with van der Waals surface area (Å²) in [6, 6.07) is 18.1. The minimum atomic E-state index is -0.737. The first-order valence-electron chi connectivity index (χ1n) is 9.97. The van der Waals surface area contributed by atoms with Crippen molar-refractivity contribution in [3.05, 3.63) is 94.5 Å². The molecule has 0 fully saturated rings. The molecular weight excluding hydrogens is 408 g/mol. The number of carbonyl (C=O) groups is 4. The monoisotopic (exact) mass is 428 g/mol. The number of fused-ring (bicyclic) bond motifs is 1. The first-order chi connectivity index (χ1) is 15.3. The molecule has 3 amide bonds. The SMILES string of the molecule is Cc1ccc(NC(=O)COC(=O)c2cccc(N3C(=O)c4ccccc4C3=O)c2)c(C)c1. The van der Waals surface area contributed by atoms with E-state index in [-0.39, 0.29) is 11.3 Å². The number of esters is 1. The fraction of sp³-hybridized carbons (Fsp3) is 0.120. The molecule has 3 aromatic rings. The smallest absolute Gasteiger partial charge is 0.338 e. The molecule has 160 valence electrons. The fourth-order valence-electron chi connectivity index (χ4n) is 3.55. The van der Waals surface area contributed by atoms with Crippen LogP contribution >= 0.6 is 0 Å². The molecule has 4 rings (SSSR count). The Kier molecular flexibility index (Phi) is 5.55. The molecule has 1 N–H and O–H groups in total. The highest BCUT2D eigenvalue weighted by Crippen LogP contribution is 2.28. The summed E-state index contributed by atoms with van der Waals surface area (Å²) in [5, 5.41) is 2.71. The number of ether oxygens (including phenoxy) is 1. The maximum absolute atomic E-state index is 12.7.